The summed E-state index contributed by atoms with van der Waals surface area (Å²) in [5, 5.41) is 5.04. The van der Waals surface area contributed by atoms with Crippen molar-refractivity contribution in [3.8, 4) is 5.69 Å². The van der Waals surface area contributed by atoms with E-state index in [9.17, 15) is 0 Å². The predicted octanol–water partition coefficient (Wildman–Crippen LogP) is 2.81. The van der Waals surface area contributed by atoms with Crippen LogP contribution in [-0.2, 0) is 0 Å². The summed E-state index contributed by atoms with van der Waals surface area (Å²) in [5.41, 5.74) is 8.20. The monoisotopic (exact) mass is 247 g/mol. The Kier molecular flexibility index (Phi) is 3.61. The first-order valence-corrected chi connectivity index (χ1v) is 5.79. The fourth-order valence-corrected chi connectivity index (χ4v) is 1.96. The van der Waals surface area contributed by atoms with E-state index in [1.54, 1.807) is 4.68 Å². The Labute approximate surface area is 106 Å². The Bertz CT molecular complexity index is 529. The molecule has 2 aromatic rings. The van der Waals surface area contributed by atoms with E-state index in [0.717, 1.165) is 16.9 Å². The standard InChI is InChI=1S/C13H14ClN3/c1-10-12(8-5-9-15)13(14)17(16-10)11-6-3-2-4-7-11/h2-8H,9,15H2,1H3. The third-order valence-electron chi connectivity index (χ3n) is 2.47. The van der Waals surface area contributed by atoms with E-state index in [0.29, 0.717) is 11.7 Å². The van der Waals surface area contributed by atoms with Gasteiger partial charge in [0.25, 0.3) is 0 Å². The molecule has 0 saturated heterocycles. The lowest BCUT2D eigenvalue weighted by Gasteiger charge is -2.01. The lowest BCUT2D eigenvalue weighted by atomic mass is 10.2. The highest BCUT2D eigenvalue weighted by Gasteiger charge is 2.11. The third kappa shape index (κ3) is 2.40. The summed E-state index contributed by atoms with van der Waals surface area (Å²) in [6.07, 6.45) is 3.77. The molecule has 0 bridgehead atoms. The molecule has 0 atom stereocenters. The molecule has 0 spiro atoms. The summed E-state index contributed by atoms with van der Waals surface area (Å²) < 4.78 is 1.73. The fourth-order valence-electron chi connectivity index (χ4n) is 1.63. The van der Waals surface area contributed by atoms with Crippen LogP contribution in [0.15, 0.2) is 36.4 Å². The second-order valence-corrected chi connectivity index (χ2v) is 4.03. The normalized spacial score (nSPS) is 11.2. The van der Waals surface area contributed by atoms with Crippen molar-refractivity contribution in [2.24, 2.45) is 5.73 Å². The second-order valence-electron chi connectivity index (χ2n) is 3.68. The van der Waals surface area contributed by atoms with Crippen LogP contribution in [0.3, 0.4) is 0 Å². The van der Waals surface area contributed by atoms with Gasteiger partial charge in [-0.05, 0) is 19.1 Å². The van der Waals surface area contributed by atoms with E-state index >= 15 is 0 Å². The molecule has 4 heteroatoms. The molecule has 0 unspecified atom stereocenters. The maximum absolute atomic E-state index is 6.31. The van der Waals surface area contributed by atoms with Crippen LogP contribution in [0.2, 0.25) is 5.15 Å². The van der Waals surface area contributed by atoms with Gasteiger partial charge < -0.3 is 5.73 Å². The molecular weight excluding hydrogens is 234 g/mol. The topological polar surface area (TPSA) is 43.8 Å². The van der Waals surface area contributed by atoms with E-state index in [1.165, 1.54) is 0 Å². The number of para-hydroxylation sites is 1. The minimum Gasteiger partial charge on any atom is -0.327 e. The number of aromatic nitrogens is 2. The average molecular weight is 248 g/mol. The maximum atomic E-state index is 6.31. The molecule has 0 fully saturated rings. The summed E-state index contributed by atoms with van der Waals surface area (Å²) in [6.45, 7) is 2.42. The Balaban J connectivity index is 2.48. The molecule has 0 saturated carbocycles. The van der Waals surface area contributed by atoms with Gasteiger partial charge >= 0.3 is 0 Å². The zero-order valence-corrected chi connectivity index (χ0v) is 10.4. The Morgan fingerprint density at radius 3 is 2.71 bits per heavy atom. The molecule has 0 amide bonds. The number of hydrogen-bond donors (Lipinski definition) is 1. The minimum absolute atomic E-state index is 0.492. The first-order chi connectivity index (χ1) is 8.24. The van der Waals surface area contributed by atoms with Crippen molar-refractivity contribution in [3.63, 3.8) is 0 Å². The number of nitrogens with two attached hydrogens (primary N) is 1. The van der Waals surface area contributed by atoms with Gasteiger partial charge in [0.1, 0.15) is 5.15 Å². The van der Waals surface area contributed by atoms with Gasteiger partial charge in [-0.3, -0.25) is 0 Å². The quantitative estimate of drug-likeness (QED) is 0.907. The zero-order valence-electron chi connectivity index (χ0n) is 9.60. The van der Waals surface area contributed by atoms with Gasteiger partial charge in [0, 0.05) is 12.1 Å². The lowest BCUT2D eigenvalue weighted by Crippen LogP contribution is -1.95. The molecule has 2 rings (SSSR count). The molecular formula is C13H14ClN3. The van der Waals surface area contributed by atoms with Crippen LogP contribution in [0.4, 0.5) is 0 Å². The van der Waals surface area contributed by atoms with Crippen molar-refractivity contribution in [2.45, 2.75) is 6.92 Å². The van der Waals surface area contributed by atoms with E-state index in [1.807, 2.05) is 49.4 Å². The molecule has 88 valence electrons. The van der Waals surface area contributed by atoms with Gasteiger partial charge in [-0.25, -0.2) is 4.68 Å². The molecule has 1 aromatic heterocycles. The van der Waals surface area contributed by atoms with Crippen LogP contribution in [-0.4, -0.2) is 16.3 Å². The summed E-state index contributed by atoms with van der Waals surface area (Å²) in [6, 6.07) is 9.81. The van der Waals surface area contributed by atoms with Crippen LogP contribution in [0.5, 0.6) is 0 Å². The first-order valence-electron chi connectivity index (χ1n) is 5.41. The van der Waals surface area contributed by atoms with Gasteiger partial charge in [-0.1, -0.05) is 42.0 Å². The number of benzene rings is 1. The molecule has 0 aliphatic heterocycles. The maximum Gasteiger partial charge on any atom is 0.140 e. The molecule has 3 nitrogen and oxygen atoms in total. The van der Waals surface area contributed by atoms with Crippen LogP contribution in [0.25, 0.3) is 11.8 Å². The van der Waals surface area contributed by atoms with Crippen molar-refractivity contribution >= 4 is 17.7 Å². The molecule has 0 radical (unpaired) electrons. The Morgan fingerprint density at radius 2 is 2.06 bits per heavy atom. The highest BCUT2D eigenvalue weighted by Crippen LogP contribution is 2.24. The summed E-state index contributed by atoms with van der Waals surface area (Å²) in [5.74, 6) is 0. The smallest absolute Gasteiger partial charge is 0.140 e. The zero-order chi connectivity index (χ0) is 12.3. The number of hydrogen-bond acceptors (Lipinski definition) is 2. The van der Waals surface area contributed by atoms with E-state index in [2.05, 4.69) is 5.10 Å². The summed E-state index contributed by atoms with van der Waals surface area (Å²) in [7, 11) is 0. The van der Waals surface area contributed by atoms with Crippen molar-refractivity contribution in [1.82, 2.24) is 9.78 Å². The number of halogens is 1. The van der Waals surface area contributed by atoms with Crippen molar-refractivity contribution < 1.29 is 0 Å². The van der Waals surface area contributed by atoms with Gasteiger partial charge in [0.15, 0.2) is 0 Å². The predicted molar refractivity (Wildman–Crippen MR) is 71.4 cm³/mol. The third-order valence-corrected chi connectivity index (χ3v) is 2.83. The highest BCUT2D eigenvalue weighted by molar-refractivity contribution is 6.31. The summed E-state index contributed by atoms with van der Waals surface area (Å²) >= 11 is 6.31. The van der Waals surface area contributed by atoms with Gasteiger partial charge in [-0.15, -0.1) is 0 Å². The van der Waals surface area contributed by atoms with E-state index < -0.39 is 0 Å². The minimum atomic E-state index is 0.492. The molecule has 2 N–H and O–H groups in total. The van der Waals surface area contributed by atoms with Gasteiger partial charge in [0.2, 0.25) is 0 Å². The van der Waals surface area contributed by atoms with E-state index in [4.69, 9.17) is 17.3 Å². The van der Waals surface area contributed by atoms with E-state index in [-0.39, 0.29) is 0 Å². The van der Waals surface area contributed by atoms with Crippen LogP contribution < -0.4 is 5.73 Å². The highest BCUT2D eigenvalue weighted by atomic mass is 35.5. The molecule has 17 heavy (non-hydrogen) atoms. The lowest BCUT2D eigenvalue weighted by molar-refractivity contribution is 0.863. The van der Waals surface area contributed by atoms with Crippen LogP contribution in [0, 0.1) is 6.92 Å². The second kappa shape index (κ2) is 5.17. The fraction of sp³-hybridized carbons (Fsp3) is 0.154. The van der Waals surface area contributed by atoms with Crippen LogP contribution in [0.1, 0.15) is 11.3 Å². The molecule has 0 aliphatic carbocycles. The SMILES string of the molecule is Cc1nn(-c2ccccc2)c(Cl)c1C=CCN. The Morgan fingerprint density at radius 1 is 1.35 bits per heavy atom. The van der Waals surface area contributed by atoms with Gasteiger partial charge in [-0.2, -0.15) is 5.10 Å². The van der Waals surface area contributed by atoms with Crippen LogP contribution >= 0.6 is 11.6 Å². The molecule has 0 aliphatic rings. The molecule has 1 aromatic carbocycles. The number of rotatable bonds is 3. The first kappa shape index (κ1) is 11.9. The Hall–Kier alpha value is -1.58. The van der Waals surface area contributed by atoms with Crippen molar-refractivity contribution in [3.05, 3.63) is 52.8 Å². The van der Waals surface area contributed by atoms with Crippen molar-refractivity contribution in [1.29, 1.82) is 0 Å². The largest absolute Gasteiger partial charge is 0.327 e. The number of nitrogens with zero attached hydrogens (tertiary/aromatic N) is 2. The summed E-state index contributed by atoms with van der Waals surface area (Å²) in [4.78, 5) is 0. The van der Waals surface area contributed by atoms with Gasteiger partial charge in [0.05, 0.1) is 11.4 Å². The van der Waals surface area contributed by atoms with Crippen molar-refractivity contribution in [2.75, 3.05) is 6.54 Å². The molecule has 1 heterocycles. The average Bonchev–Trinajstić information content (AvgIpc) is 2.64. The number of aryl methyl sites for hydroxylation is 1.